The summed E-state index contributed by atoms with van der Waals surface area (Å²) in [6.07, 6.45) is 3.28. The quantitative estimate of drug-likeness (QED) is 0.608. The lowest BCUT2D eigenvalue weighted by atomic mass is 10.0. The first-order valence-corrected chi connectivity index (χ1v) is 10.5. The maximum absolute atomic E-state index is 13.2. The number of aryl methyl sites for hydroxylation is 1. The van der Waals surface area contributed by atoms with Crippen molar-refractivity contribution in [2.24, 2.45) is 0 Å². The molecule has 3 aromatic carbocycles. The Bertz CT molecular complexity index is 977. The zero-order valence-corrected chi connectivity index (χ0v) is 17.1. The van der Waals surface area contributed by atoms with Gasteiger partial charge < -0.3 is 5.32 Å². The molecule has 3 aromatic rings. The number of carbonyl (C=O) groups excluding carboxylic acids is 1. The Morgan fingerprint density at radius 2 is 1.76 bits per heavy atom. The predicted molar refractivity (Wildman–Crippen MR) is 117 cm³/mol. The van der Waals surface area contributed by atoms with E-state index >= 15 is 0 Å². The number of nitrogens with one attached hydrogen (secondary N) is 1. The summed E-state index contributed by atoms with van der Waals surface area (Å²) in [7, 11) is 0. The summed E-state index contributed by atoms with van der Waals surface area (Å²) in [5.74, 6) is 0.00211. The number of hydrogen-bond acceptors (Lipinski definition) is 2. The van der Waals surface area contributed by atoms with Crippen molar-refractivity contribution in [3.63, 3.8) is 0 Å². The van der Waals surface area contributed by atoms with Gasteiger partial charge in [-0.1, -0.05) is 66.7 Å². The first-order valence-electron chi connectivity index (χ1n) is 10.5. The van der Waals surface area contributed by atoms with Crippen LogP contribution in [0.3, 0.4) is 0 Å². The standard InChI is InChI=1S/C25H28N2O2/c1-20-14-15-22-12-6-7-13-23(22)25(20)26-24(28)19-27(16-8-3-9-17-29-27)18-21-10-4-2-5-11-21/h2,4-7,10-15H,3,8-9,16-19H2,1H3/p+1. The van der Waals surface area contributed by atoms with Gasteiger partial charge in [-0.2, -0.15) is 4.65 Å². The van der Waals surface area contributed by atoms with Crippen LogP contribution >= 0.6 is 0 Å². The Morgan fingerprint density at radius 1 is 0.966 bits per heavy atom. The van der Waals surface area contributed by atoms with Crippen LogP contribution in [0.4, 0.5) is 5.69 Å². The van der Waals surface area contributed by atoms with E-state index in [4.69, 9.17) is 4.84 Å². The second-order valence-electron chi connectivity index (χ2n) is 8.00. The van der Waals surface area contributed by atoms with E-state index < -0.39 is 0 Å². The number of nitrogens with zero attached hydrogens (tertiary/aromatic N) is 1. The summed E-state index contributed by atoms with van der Waals surface area (Å²) in [6.45, 7) is 4.63. The molecule has 150 valence electrons. The smallest absolute Gasteiger partial charge is 0.282 e. The third kappa shape index (κ3) is 4.66. The van der Waals surface area contributed by atoms with Crippen LogP contribution in [-0.2, 0) is 16.2 Å². The Hall–Kier alpha value is -2.69. The lowest BCUT2D eigenvalue weighted by molar-refractivity contribution is -1.11. The number of quaternary nitrogens is 1. The average Bonchev–Trinajstić information content (AvgIpc) is 2.96. The third-order valence-corrected chi connectivity index (χ3v) is 5.72. The number of hydroxylamine groups is 3. The van der Waals surface area contributed by atoms with Crippen molar-refractivity contribution >= 4 is 22.4 Å². The van der Waals surface area contributed by atoms with E-state index in [2.05, 4.69) is 41.7 Å². The Morgan fingerprint density at radius 3 is 2.62 bits per heavy atom. The number of benzene rings is 3. The predicted octanol–water partition coefficient (Wildman–Crippen LogP) is 5.22. The largest absolute Gasteiger partial charge is 0.320 e. The van der Waals surface area contributed by atoms with Gasteiger partial charge in [-0.05, 0) is 37.1 Å². The van der Waals surface area contributed by atoms with Crippen molar-refractivity contribution in [2.45, 2.75) is 32.7 Å². The molecule has 0 spiro atoms. The molecule has 0 saturated carbocycles. The molecule has 1 unspecified atom stereocenters. The van der Waals surface area contributed by atoms with Crippen LogP contribution in [0.5, 0.6) is 0 Å². The first kappa shape index (κ1) is 19.6. The molecule has 29 heavy (non-hydrogen) atoms. The number of hydrogen-bond donors (Lipinski definition) is 1. The summed E-state index contributed by atoms with van der Waals surface area (Å²) >= 11 is 0. The molecule has 0 radical (unpaired) electrons. The molecule has 4 nitrogen and oxygen atoms in total. The molecule has 1 amide bonds. The van der Waals surface area contributed by atoms with E-state index in [1.54, 1.807) is 0 Å². The first-order chi connectivity index (χ1) is 14.2. The summed E-state index contributed by atoms with van der Waals surface area (Å²) in [4.78, 5) is 19.5. The molecular weight excluding hydrogens is 360 g/mol. The minimum absolute atomic E-state index is 0.00211. The van der Waals surface area contributed by atoms with E-state index in [9.17, 15) is 4.79 Å². The monoisotopic (exact) mass is 389 g/mol. The fraction of sp³-hybridized carbons (Fsp3) is 0.320. The Labute approximate surface area is 172 Å². The van der Waals surface area contributed by atoms with Crippen LogP contribution in [0.25, 0.3) is 10.8 Å². The highest BCUT2D eigenvalue weighted by Gasteiger charge is 2.34. The SMILES string of the molecule is Cc1ccc2ccccc2c1NC(=O)C[N+]1(Cc2ccccc2)CCCCCO1. The molecule has 1 saturated heterocycles. The molecule has 0 aromatic heterocycles. The van der Waals surface area contributed by atoms with E-state index in [-0.39, 0.29) is 5.91 Å². The number of amides is 1. The molecular formula is C25H29N2O2+. The van der Waals surface area contributed by atoms with Crippen LogP contribution < -0.4 is 5.32 Å². The van der Waals surface area contributed by atoms with Crippen molar-refractivity contribution in [1.82, 2.24) is 0 Å². The van der Waals surface area contributed by atoms with Crippen LogP contribution in [0.1, 0.15) is 30.4 Å². The van der Waals surface area contributed by atoms with Gasteiger partial charge in [0.05, 0.1) is 5.69 Å². The van der Waals surface area contributed by atoms with Gasteiger partial charge in [0, 0.05) is 10.9 Å². The minimum atomic E-state index is 0.00211. The van der Waals surface area contributed by atoms with E-state index in [1.807, 2.05) is 37.3 Å². The summed E-state index contributed by atoms with van der Waals surface area (Å²) < 4.78 is 0.361. The Balaban J connectivity index is 1.58. The van der Waals surface area contributed by atoms with Crippen LogP contribution in [0, 0.1) is 6.92 Å². The van der Waals surface area contributed by atoms with Gasteiger partial charge in [0.1, 0.15) is 19.7 Å². The molecule has 1 aliphatic rings. The number of rotatable bonds is 5. The second kappa shape index (κ2) is 8.76. The third-order valence-electron chi connectivity index (χ3n) is 5.72. The maximum atomic E-state index is 13.2. The lowest BCUT2D eigenvalue weighted by Gasteiger charge is -2.34. The fourth-order valence-corrected chi connectivity index (χ4v) is 4.21. The molecule has 4 heteroatoms. The highest BCUT2D eigenvalue weighted by Crippen LogP contribution is 2.28. The highest BCUT2D eigenvalue weighted by atomic mass is 16.7. The van der Waals surface area contributed by atoms with Gasteiger partial charge in [0.15, 0.2) is 6.54 Å². The summed E-state index contributed by atoms with van der Waals surface area (Å²) in [5, 5.41) is 5.41. The zero-order valence-electron chi connectivity index (χ0n) is 17.1. The normalized spacial score (nSPS) is 19.6. The van der Waals surface area contributed by atoms with Crippen molar-refractivity contribution in [2.75, 3.05) is 25.0 Å². The Kier molecular flexibility index (Phi) is 5.93. The molecule has 1 heterocycles. The molecule has 1 N–H and O–H groups in total. The van der Waals surface area contributed by atoms with Crippen molar-refractivity contribution in [3.8, 4) is 0 Å². The van der Waals surface area contributed by atoms with Gasteiger partial charge in [-0.15, -0.1) is 0 Å². The average molecular weight is 390 g/mol. The van der Waals surface area contributed by atoms with E-state index in [0.717, 1.165) is 47.8 Å². The molecule has 4 rings (SSSR count). The number of anilines is 1. The highest BCUT2D eigenvalue weighted by molar-refractivity contribution is 6.03. The molecule has 1 atom stereocenters. The summed E-state index contributed by atoms with van der Waals surface area (Å²) in [6, 6.07) is 22.7. The van der Waals surface area contributed by atoms with Gasteiger partial charge >= 0.3 is 0 Å². The molecule has 0 aliphatic carbocycles. The number of carbonyl (C=O) groups is 1. The van der Waals surface area contributed by atoms with E-state index in [0.29, 0.717) is 24.3 Å². The van der Waals surface area contributed by atoms with Crippen LogP contribution in [0.2, 0.25) is 0 Å². The minimum Gasteiger partial charge on any atom is -0.320 e. The van der Waals surface area contributed by atoms with Crippen molar-refractivity contribution in [3.05, 3.63) is 77.9 Å². The fourth-order valence-electron chi connectivity index (χ4n) is 4.21. The van der Waals surface area contributed by atoms with Crippen molar-refractivity contribution < 1.29 is 14.3 Å². The van der Waals surface area contributed by atoms with Gasteiger partial charge in [-0.3, -0.25) is 4.79 Å². The molecule has 0 bridgehead atoms. The topological polar surface area (TPSA) is 38.3 Å². The second-order valence-corrected chi connectivity index (χ2v) is 8.00. The van der Waals surface area contributed by atoms with Crippen molar-refractivity contribution in [1.29, 1.82) is 0 Å². The van der Waals surface area contributed by atoms with E-state index in [1.165, 1.54) is 5.56 Å². The van der Waals surface area contributed by atoms with Crippen LogP contribution in [0.15, 0.2) is 66.7 Å². The lowest BCUT2D eigenvalue weighted by Crippen LogP contribution is -2.51. The number of fused-ring (bicyclic) bond motifs is 1. The summed E-state index contributed by atoms with van der Waals surface area (Å²) in [5.41, 5.74) is 3.17. The zero-order chi connectivity index (χ0) is 20.1. The molecule has 1 aliphatic heterocycles. The van der Waals surface area contributed by atoms with Gasteiger partial charge in [-0.25, -0.2) is 4.84 Å². The van der Waals surface area contributed by atoms with Gasteiger partial charge in [0.25, 0.3) is 5.91 Å². The van der Waals surface area contributed by atoms with Crippen LogP contribution in [-0.4, -0.2) is 30.2 Å². The van der Waals surface area contributed by atoms with Gasteiger partial charge in [0.2, 0.25) is 0 Å². The molecule has 1 fully saturated rings. The maximum Gasteiger partial charge on any atom is 0.282 e.